The number of benzene rings is 1. The predicted molar refractivity (Wildman–Crippen MR) is 65.9 cm³/mol. The minimum atomic E-state index is -0.598. The van der Waals surface area contributed by atoms with Gasteiger partial charge in [0, 0.05) is 16.6 Å². The Bertz CT molecular complexity index is 382. The lowest BCUT2D eigenvalue weighted by Gasteiger charge is -2.27. The van der Waals surface area contributed by atoms with Gasteiger partial charge in [-0.05, 0) is 47.7 Å². The smallest absolute Gasteiger partial charge is 0.150 e. The maximum absolute atomic E-state index is 13.6. The molecule has 0 unspecified atom stereocenters. The lowest BCUT2D eigenvalue weighted by atomic mass is 9.93. The fourth-order valence-corrected chi connectivity index (χ4v) is 2.63. The molecule has 0 amide bonds. The molecule has 1 aromatic carbocycles. The van der Waals surface area contributed by atoms with Crippen molar-refractivity contribution < 1.29 is 13.9 Å². The number of nitrogens with one attached hydrogen (secondary N) is 1. The molecule has 1 aromatic rings. The maximum atomic E-state index is 13.6. The molecule has 1 saturated carbocycles. The summed E-state index contributed by atoms with van der Waals surface area (Å²) in [5.74, 6) is -1.19. The third-order valence-corrected chi connectivity index (χ3v) is 3.68. The molecule has 1 aliphatic carbocycles. The highest BCUT2D eigenvalue weighted by Gasteiger charge is 2.21. The van der Waals surface area contributed by atoms with Gasteiger partial charge in [-0.1, -0.05) is 0 Å². The molecule has 0 atom stereocenters. The molecule has 0 radical (unpaired) electrons. The molecular formula is C12H14BrF2NO. The highest BCUT2D eigenvalue weighted by atomic mass is 79.9. The van der Waals surface area contributed by atoms with Crippen molar-refractivity contribution in [3.63, 3.8) is 0 Å². The van der Waals surface area contributed by atoms with Crippen molar-refractivity contribution in [2.75, 3.05) is 5.32 Å². The van der Waals surface area contributed by atoms with E-state index in [2.05, 4.69) is 21.2 Å². The van der Waals surface area contributed by atoms with Gasteiger partial charge in [-0.15, -0.1) is 0 Å². The number of hydrogen-bond donors (Lipinski definition) is 2. The van der Waals surface area contributed by atoms with E-state index in [1.807, 2.05) is 0 Å². The first-order chi connectivity index (χ1) is 8.06. The zero-order valence-electron chi connectivity index (χ0n) is 9.22. The van der Waals surface area contributed by atoms with E-state index in [1.165, 1.54) is 6.07 Å². The van der Waals surface area contributed by atoms with Crippen LogP contribution in [0.25, 0.3) is 0 Å². The standard InChI is InChI=1S/C12H14BrF2NO/c13-10-5-7(14)6-11(15)12(10)16-8-1-3-9(17)4-2-8/h5-6,8-9,16-17H,1-4H2. The van der Waals surface area contributed by atoms with E-state index in [0.717, 1.165) is 31.7 Å². The Morgan fingerprint density at radius 1 is 1.18 bits per heavy atom. The van der Waals surface area contributed by atoms with Crippen molar-refractivity contribution >= 4 is 21.6 Å². The average molecular weight is 306 g/mol. The molecule has 5 heteroatoms. The summed E-state index contributed by atoms with van der Waals surface area (Å²) in [5, 5.41) is 12.4. The Kier molecular flexibility index (Phi) is 3.99. The van der Waals surface area contributed by atoms with E-state index < -0.39 is 11.6 Å². The van der Waals surface area contributed by atoms with Crippen LogP contribution in [0.1, 0.15) is 25.7 Å². The van der Waals surface area contributed by atoms with Gasteiger partial charge in [0.1, 0.15) is 11.6 Å². The minimum absolute atomic E-state index is 0.134. The van der Waals surface area contributed by atoms with Crippen LogP contribution in [0.3, 0.4) is 0 Å². The molecule has 94 valence electrons. The molecule has 2 N–H and O–H groups in total. The summed E-state index contributed by atoms with van der Waals surface area (Å²) in [7, 11) is 0. The van der Waals surface area contributed by atoms with Crippen LogP contribution in [0.4, 0.5) is 14.5 Å². The van der Waals surface area contributed by atoms with Crippen molar-refractivity contribution in [2.45, 2.75) is 37.8 Å². The molecule has 17 heavy (non-hydrogen) atoms. The molecular weight excluding hydrogens is 292 g/mol. The van der Waals surface area contributed by atoms with E-state index in [9.17, 15) is 13.9 Å². The number of hydrogen-bond acceptors (Lipinski definition) is 2. The van der Waals surface area contributed by atoms with Crippen LogP contribution in [0, 0.1) is 11.6 Å². The number of halogens is 3. The Morgan fingerprint density at radius 3 is 2.41 bits per heavy atom. The molecule has 0 aromatic heterocycles. The fourth-order valence-electron chi connectivity index (χ4n) is 2.10. The maximum Gasteiger partial charge on any atom is 0.150 e. The first kappa shape index (κ1) is 12.8. The van der Waals surface area contributed by atoms with Gasteiger partial charge in [0.05, 0.1) is 11.8 Å². The fraction of sp³-hybridized carbons (Fsp3) is 0.500. The van der Waals surface area contributed by atoms with Gasteiger partial charge in [0.15, 0.2) is 0 Å². The van der Waals surface area contributed by atoms with E-state index in [-0.39, 0.29) is 12.1 Å². The van der Waals surface area contributed by atoms with Crippen LogP contribution in [-0.2, 0) is 0 Å². The quantitative estimate of drug-likeness (QED) is 0.877. The first-order valence-corrected chi connectivity index (χ1v) is 6.44. The Hall–Kier alpha value is -0.680. The first-order valence-electron chi connectivity index (χ1n) is 5.65. The SMILES string of the molecule is OC1CCC(Nc2c(F)cc(F)cc2Br)CC1. The lowest BCUT2D eigenvalue weighted by molar-refractivity contribution is 0.126. The van der Waals surface area contributed by atoms with Gasteiger partial charge >= 0.3 is 0 Å². The number of aliphatic hydroxyl groups excluding tert-OH is 1. The van der Waals surface area contributed by atoms with Gasteiger partial charge in [-0.25, -0.2) is 8.78 Å². The minimum Gasteiger partial charge on any atom is -0.393 e. The van der Waals surface area contributed by atoms with Crippen LogP contribution < -0.4 is 5.32 Å². The van der Waals surface area contributed by atoms with Crippen molar-refractivity contribution in [2.24, 2.45) is 0 Å². The summed E-state index contributed by atoms with van der Waals surface area (Å²) in [5.41, 5.74) is 0.299. The van der Waals surface area contributed by atoms with E-state index in [4.69, 9.17) is 0 Å². The van der Waals surface area contributed by atoms with Gasteiger partial charge < -0.3 is 10.4 Å². The summed E-state index contributed by atoms with van der Waals surface area (Å²) in [6.45, 7) is 0. The van der Waals surface area contributed by atoms with E-state index in [0.29, 0.717) is 10.2 Å². The largest absolute Gasteiger partial charge is 0.393 e. The van der Waals surface area contributed by atoms with E-state index >= 15 is 0 Å². The summed E-state index contributed by atoms with van der Waals surface area (Å²) in [4.78, 5) is 0. The molecule has 1 aliphatic rings. The second kappa shape index (κ2) is 5.31. The van der Waals surface area contributed by atoms with Gasteiger partial charge in [-0.2, -0.15) is 0 Å². The van der Waals surface area contributed by atoms with Crippen LogP contribution in [0.2, 0.25) is 0 Å². The Morgan fingerprint density at radius 2 is 1.82 bits per heavy atom. The number of rotatable bonds is 2. The zero-order chi connectivity index (χ0) is 12.4. The summed E-state index contributed by atoms with van der Waals surface area (Å²) >= 11 is 3.14. The van der Waals surface area contributed by atoms with Gasteiger partial charge in [-0.3, -0.25) is 0 Å². The summed E-state index contributed by atoms with van der Waals surface area (Å²) in [6.07, 6.45) is 2.79. The van der Waals surface area contributed by atoms with Crippen LogP contribution in [0.15, 0.2) is 16.6 Å². The summed E-state index contributed by atoms with van der Waals surface area (Å²) < 4.78 is 26.9. The highest BCUT2D eigenvalue weighted by molar-refractivity contribution is 9.10. The van der Waals surface area contributed by atoms with Crippen LogP contribution in [0.5, 0.6) is 0 Å². The average Bonchev–Trinajstić information content (AvgIpc) is 2.26. The van der Waals surface area contributed by atoms with Crippen LogP contribution in [-0.4, -0.2) is 17.3 Å². The molecule has 0 spiro atoms. The van der Waals surface area contributed by atoms with Crippen molar-refractivity contribution in [1.82, 2.24) is 0 Å². The van der Waals surface area contributed by atoms with Crippen molar-refractivity contribution in [3.05, 3.63) is 28.2 Å². The Labute approximate surface area is 107 Å². The van der Waals surface area contributed by atoms with Crippen molar-refractivity contribution in [1.29, 1.82) is 0 Å². The Balaban J connectivity index is 2.08. The topological polar surface area (TPSA) is 32.3 Å². The third kappa shape index (κ3) is 3.16. The third-order valence-electron chi connectivity index (χ3n) is 3.05. The molecule has 0 heterocycles. The lowest BCUT2D eigenvalue weighted by Crippen LogP contribution is -2.28. The molecule has 0 bridgehead atoms. The predicted octanol–water partition coefficient (Wildman–Crippen LogP) is 3.44. The molecule has 2 rings (SSSR count). The van der Waals surface area contributed by atoms with Gasteiger partial charge in [0.2, 0.25) is 0 Å². The molecule has 1 fully saturated rings. The molecule has 0 saturated heterocycles. The highest BCUT2D eigenvalue weighted by Crippen LogP contribution is 2.30. The zero-order valence-corrected chi connectivity index (χ0v) is 10.8. The van der Waals surface area contributed by atoms with Crippen LogP contribution >= 0.6 is 15.9 Å². The van der Waals surface area contributed by atoms with Gasteiger partial charge in [0.25, 0.3) is 0 Å². The molecule has 2 nitrogen and oxygen atoms in total. The normalized spacial score (nSPS) is 24.7. The second-order valence-electron chi connectivity index (χ2n) is 4.39. The number of anilines is 1. The number of aliphatic hydroxyl groups is 1. The van der Waals surface area contributed by atoms with Crippen molar-refractivity contribution in [3.8, 4) is 0 Å². The monoisotopic (exact) mass is 305 g/mol. The molecule has 0 aliphatic heterocycles. The second-order valence-corrected chi connectivity index (χ2v) is 5.25. The summed E-state index contributed by atoms with van der Waals surface area (Å²) in [6, 6.07) is 2.24. The van der Waals surface area contributed by atoms with E-state index in [1.54, 1.807) is 0 Å².